The molecule has 0 bridgehead atoms. The summed E-state index contributed by atoms with van der Waals surface area (Å²) in [6.07, 6.45) is 1.99. The summed E-state index contributed by atoms with van der Waals surface area (Å²) in [5.74, 6) is 0.533. The average Bonchev–Trinajstić information content (AvgIpc) is 2.95. The molecule has 0 aliphatic heterocycles. The van der Waals surface area contributed by atoms with Gasteiger partial charge in [-0.1, -0.05) is 31.9 Å². The van der Waals surface area contributed by atoms with E-state index in [1.54, 1.807) is 11.6 Å². The van der Waals surface area contributed by atoms with Gasteiger partial charge in [-0.25, -0.2) is 4.52 Å². The Bertz CT molecular complexity index is 1080. The van der Waals surface area contributed by atoms with Crippen molar-refractivity contribution in [3.8, 4) is 17.1 Å². The summed E-state index contributed by atoms with van der Waals surface area (Å²) in [5, 5.41) is 4.80. The zero-order chi connectivity index (χ0) is 20.6. The number of hydrogen-bond acceptors (Lipinski definition) is 3. The highest BCUT2D eigenvalue weighted by molar-refractivity contribution is 6.33. The van der Waals surface area contributed by atoms with Gasteiger partial charge in [-0.2, -0.15) is 8.78 Å². The highest BCUT2D eigenvalue weighted by Crippen LogP contribution is 2.31. The quantitative estimate of drug-likeness (QED) is 0.564. The van der Waals surface area contributed by atoms with Crippen LogP contribution in [0.15, 0.2) is 29.1 Å². The second-order valence-corrected chi connectivity index (χ2v) is 7.31. The number of halogens is 3. The van der Waals surface area contributed by atoms with Crippen molar-refractivity contribution in [3.63, 3.8) is 0 Å². The van der Waals surface area contributed by atoms with E-state index in [1.807, 2.05) is 13.0 Å². The van der Waals surface area contributed by atoms with Crippen molar-refractivity contribution in [3.05, 3.63) is 50.9 Å². The lowest BCUT2D eigenvalue weighted by Crippen LogP contribution is -2.24. The van der Waals surface area contributed by atoms with E-state index in [0.717, 1.165) is 24.1 Å². The van der Waals surface area contributed by atoms with Gasteiger partial charge in [-0.05, 0) is 49.1 Å². The van der Waals surface area contributed by atoms with Crippen LogP contribution in [0.1, 0.15) is 43.9 Å². The number of aromatic nitrogens is 3. The number of nitrogens with zero attached hydrogens (tertiary/aromatic N) is 3. The summed E-state index contributed by atoms with van der Waals surface area (Å²) in [7, 11) is 1.63. The molecule has 0 fully saturated rings. The number of hydrogen-bond donors (Lipinski definition) is 0. The lowest BCUT2D eigenvalue weighted by molar-refractivity contribution is -0.0498. The average molecular weight is 410 g/mol. The minimum absolute atomic E-state index is 0.0531. The first-order valence-corrected chi connectivity index (χ1v) is 9.46. The van der Waals surface area contributed by atoms with Crippen LogP contribution in [0, 0.1) is 6.92 Å². The molecule has 0 amide bonds. The van der Waals surface area contributed by atoms with Gasteiger partial charge >= 0.3 is 6.61 Å². The molecule has 150 valence electrons. The first-order chi connectivity index (χ1) is 13.2. The van der Waals surface area contributed by atoms with Crippen molar-refractivity contribution in [2.24, 2.45) is 7.05 Å². The molecular weight excluding hydrogens is 388 g/mol. The molecule has 2 aromatic heterocycles. The predicted molar refractivity (Wildman–Crippen MR) is 106 cm³/mol. The lowest BCUT2D eigenvalue weighted by Gasteiger charge is -2.13. The van der Waals surface area contributed by atoms with Crippen molar-refractivity contribution in [2.75, 3.05) is 0 Å². The molecule has 0 spiro atoms. The van der Waals surface area contributed by atoms with E-state index in [-0.39, 0.29) is 22.2 Å². The van der Waals surface area contributed by atoms with Crippen molar-refractivity contribution >= 4 is 17.1 Å². The van der Waals surface area contributed by atoms with Crippen LogP contribution in [0.2, 0.25) is 5.02 Å². The van der Waals surface area contributed by atoms with Crippen molar-refractivity contribution < 1.29 is 13.5 Å². The van der Waals surface area contributed by atoms with Crippen molar-refractivity contribution in [2.45, 2.75) is 46.1 Å². The van der Waals surface area contributed by atoms with Gasteiger partial charge in [0.05, 0.1) is 5.02 Å². The number of alkyl halides is 2. The summed E-state index contributed by atoms with van der Waals surface area (Å²) in [6, 6.07) is 6.18. The standard InChI is InChI=1S/C20H22ClF2N3O2/c1-5-6-11(2)15-9-12(3)26-17(15)19(27)25(4)18(24-26)14-8-7-13(10-16(14)21)28-20(22)23/h7-11,20H,5-6H2,1-4H3. The maximum Gasteiger partial charge on any atom is 0.387 e. The molecule has 0 saturated carbocycles. The van der Waals surface area contributed by atoms with E-state index >= 15 is 0 Å². The number of fused-ring (bicyclic) bond motifs is 1. The second kappa shape index (κ2) is 7.91. The maximum absolute atomic E-state index is 13.1. The normalized spacial score (nSPS) is 12.7. The molecule has 3 aromatic rings. The molecular formula is C20H22ClF2N3O2. The Labute approximate surface area is 166 Å². The number of ether oxygens (including phenoxy) is 1. The van der Waals surface area contributed by atoms with Gasteiger partial charge in [0.2, 0.25) is 0 Å². The Kier molecular flexibility index (Phi) is 5.74. The molecule has 1 unspecified atom stereocenters. The fourth-order valence-corrected chi connectivity index (χ4v) is 3.72. The maximum atomic E-state index is 13.1. The van der Waals surface area contributed by atoms with Crippen LogP contribution in [0.25, 0.3) is 16.9 Å². The molecule has 5 nitrogen and oxygen atoms in total. The molecule has 0 aliphatic rings. The molecule has 28 heavy (non-hydrogen) atoms. The van der Waals surface area contributed by atoms with E-state index in [4.69, 9.17) is 11.6 Å². The SMILES string of the molecule is CCCC(C)c1cc(C)n2nc(-c3ccc(OC(F)F)cc3Cl)n(C)c(=O)c12. The van der Waals surface area contributed by atoms with Gasteiger partial charge < -0.3 is 4.74 Å². The molecule has 2 heterocycles. The molecule has 0 saturated heterocycles. The number of benzene rings is 1. The zero-order valence-electron chi connectivity index (χ0n) is 16.2. The lowest BCUT2D eigenvalue weighted by atomic mass is 9.97. The number of aryl methyl sites for hydroxylation is 1. The molecule has 8 heteroatoms. The van der Waals surface area contributed by atoms with Crippen molar-refractivity contribution in [1.29, 1.82) is 0 Å². The summed E-state index contributed by atoms with van der Waals surface area (Å²) in [4.78, 5) is 13.1. The fourth-order valence-electron chi connectivity index (χ4n) is 3.47. The highest BCUT2D eigenvalue weighted by Gasteiger charge is 2.20. The van der Waals surface area contributed by atoms with Crippen LogP contribution in [-0.2, 0) is 7.05 Å². The van der Waals surface area contributed by atoms with Crippen molar-refractivity contribution in [1.82, 2.24) is 14.2 Å². The van der Waals surface area contributed by atoms with Gasteiger partial charge in [0.15, 0.2) is 5.82 Å². The third kappa shape index (κ3) is 3.63. The predicted octanol–water partition coefficient (Wildman–Crippen LogP) is 5.17. The zero-order valence-corrected chi connectivity index (χ0v) is 16.9. The monoisotopic (exact) mass is 409 g/mol. The van der Waals surface area contributed by atoms with Crippen LogP contribution in [-0.4, -0.2) is 20.8 Å². The van der Waals surface area contributed by atoms with E-state index in [0.29, 0.717) is 16.9 Å². The van der Waals surface area contributed by atoms with E-state index in [2.05, 4.69) is 23.7 Å². The van der Waals surface area contributed by atoms with Crippen LogP contribution in [0.5, 0.6) is 5.75 Å². The van der Waals surface area contributed by atoms with Gasteiger partial charge in [-0.15, -0.1) is 5.10 Å². The Morgan fingerprint density at radius 2 is 2.00 bits per heavy atom. The third-order valence-electron chi connectivity index (χ3n) is 4.86. The molecule has 0 radical (unpaired) electrons. The summed E-state index contributed by atoms with van der Waals surface area (Å²) in [6.45, 7) is 3.17. The Morgan fingerprint density at radius 1 is 1.29 bits per heavy atom. The largest absolute Gasteiger partial charge is 0.435 e. The number of rotatable bonds is 6. The van der Waals surface area contributed by atoms with Gasteiger partial charge in [-0.3, -0.25) is 9.36 Å². The first-order valence-electron chi connectivity index (χ1n) is 9.08. The second-order valence-electron chi connectivity index (χ2n) is 6.90. The Hall–Kier alpha value is -2.41. The Balaban J connectivity index is 2.18. The molecule has 1 atom stereocenters. The fraction of sp³-hybridized carbons (Fsp3) is 0.400. The van der Waals surface area contributed by atoms with E-state index in [9.17, 15) is 13.6 Å². The van der Waals surface area contributed by atoms with Crippen LogP contribution >= 0.6 is 11.6 Å². The smallest absolute Gasteiger partial charge is 0.387 e. The van der Waals surface area contributed by atoms with Gasteiger partial charge in [0.25, 0.3) is 5.56 Å². The molecule has 3 rings (SSSR count). The van der Waals surface area contributed by atoms with Crippen LogP contribution in [0.3, 0.4) is 0 Å². The van der Waals surface area contributed by atoms with Gasteiger partial charge in [0, 0.05) is 18.3 Å². The highest BCUT2D eigenvalue weighted by atomic mass is 35.5. The van der Waals surface area contributed by atoms with Crippen LogP contribution in [0.4, 0.5) is 8.78 Å². The van der Waals surface area contributed by atoms with Gasteiger partial charge in [0.1, 0.15) is 11.3 Å². The molecule has 1 aromatic carbocycles. The third-order valence-corrected chi connectivity index (χ3v) is 5.18. The molecule has 0 N–H and O–H groups in total. The molecule has 0 aliphatic carbocycles. The summed E-state index contributed by atoms with van der Waals surface area (Å²) in [5.41, 5.74) is 2.66. The topological polar surface area (TPSA) is 48.5 Å². The summed E-state index contributed by atoms with van der Waals surface area (Å²) < 4.78 is 32.3. The minimum atomic E-state index is -2.94. The van der Waals surface area contributed by atoms with E-state index < -0.39 is 6.61 Å². The first kappa shape index (κ1) is 20.3. The van der Waals surface area contributed by atoms with E-state index in [1.165, 1.54) is 22.8 Å². The van der Waals surface area contributed by atoms with Crippen LogP contribution < -0.4 is 10.3 Å². The minimum Gasteiger partial charge on any atom is -0.435 e. The Morgan fingerprint density at radius 3 is 2.61 bits per heavy atom. The summed E-state index contributed by atoms with van der Waals surface area (Å²) >= 11 is 6.27.